The van der Waals surface area contributed by atoms with Crippen LogP contribution in [0, 0.1) is 68.0 Å². The predicted molar refractivity (Wildman–Crippen MR) is 193 cm³/mol. The van der Waals surface area contributed by atoms with E-state index in [1.54, 1.807) is 6.92 Å². The quantitative estimate of drug-likeness (QED) is 0.0925. The Morgan fingerprint density at radius 1 is 0.558 bits per heavy atom. The van der Waals surface area contributed by atoms with Crippen molar-refractivity contribution in [3.63, 3.8) is 0 Å². The molecule has 4 aromatic rings. The molecule has 0 fully saturated rings. The summed E-state index contributed by atoms with van der Waals surface area (Å²) in [5.74, 6) is 1.45. The van der Waals surface area contributed by atoms with Gasteiger partial charge >= 0.3 is 0 Å². The normalized spacial score (nSPS) is 11.3. The molecule has 0 N–H and O–H groups in total. The molecule has 0 radical (unpaired) electrons. The fourth-order valence-corrected chi connectivity index (χ4v) is 5.53. The molecule has 0 aliphatic heterocycles. The van der Waals surface area contributed by atoms with Crippen molar-refractivity contribution in [3.8, 4) is 59.2 Å². The lowest BCUT2D eigenvalue weighted by Gasteiger charge is -2.15. The average molecular weight is 695 g/mol. The summed E-state index contributed by atoms with van der Waals surface area (Å²) in [7, 11) is 0. The van der Waals surface area contributed by atoms with Gasteiger partial charge in [-0.05, 0) is 39.5 Å². The third-order valence-corrected chi connectivity index (χ3v) is 8.00. The Bertz CT molecular complexity index is 1960. The van der Waals surface area contributed by atoms with E-state index < -0.39 is 6.04 Å². The second-order valence-electron chi connectivity index (χ2n) is 11.7. The number of nitrogens with zero attached hydrogens (tertiary/aromatic N) is 10. The number of unbranched alkanes of at least 4 members (excludes halogenated alkanes) is 2. The zero-order valence-electron chi connectivity index (χ0n) is 29.7. The van der Waals surface area contributed by atoms with Gasteiger partial charge in [-0.1, -0.05) is 60.7 Å². The van der Waals surface area contributed by atoms with Gasteiger partial charge in [-0.3, -0.25) is 0 Å². The molecule has 12 nitrogen and oxygen atoms in total. The molecule has 52 heavy (non-hydrogen) atoms. The van der Waals surface area contributed by atoms with Gasteiger partial charge in [-0.25, -0.2) is 9.97 Å². The minimum absolute atomic E-state index is 0.226. The third kappa shape index (κ3) is 11.4. The smallest absolute Gasteiger partial charge is 0.141 e. The van der Waals surface area contributed by atoms with Crippen LogP contribution in [0.15, 0.2) is 60.7 Å². The summed E-state index contributed by atoms with van der Waals surface area (Å²) in [6.07, 6.45) is 4.45. The van der Waals surface area contributed by atoms with E-state index >= 15 is 0 Å². The van der Waals surface area contributed by atoms with Crippen molar-refractivity contribution in [1.29, 1.82) is 31.6 Å². The van der Waals surface area contributed by atoms with Crippen LogP contribution < -0.4 is 0 Å². The molecular formula is C40H42N10O2. The highest BCUT2D eigenvalue weighted by Gasteiger charge is 2.23. The van der Waals surface area contributed by atoms with Gasteiger partial charge in [-0.15, -0.1) is 0 Å². The first-order valence-corrected chi connectivity index (χ1v) is 17.2. The third-order valence-electron chi connectivity index (χ3n) is 8.00. The fourth-order valence-electron chi connectivity index (χ4n) is 5.53. The number of imidazole rings is 2. The summed E-state index contributed by atoms with van der Waals surface area (Å²) in [6, 6.07) is 31.6. The summed E-state index contributed by atoms with van der Waals surface area (Å²) < 4.78 is 15.0. The standard InChI is InChI=1S/C20H21N5O2.C20H21N5/c1-16(13-23)25-19(15-27-12-6-10-22)18(14-26-11-5-9-21)24-20(25)17-7-3-2-4-8-17;1-16(15-23)25-19(12-6-8-14-22)18(11-5-7-13-21)24-20(25)17-9-3-2-4-10-17/h2-4,7-8,16H,5-6,11-12,14-15H2,1H3;2-4,9-10,16H,5-8,11-12H2,1H3. The van der Waals surface area contributed by atoms with Crippen LogP contribution in [0.2, 0.25) is 0 Å². The first-order valence-electron chi connectivity index (χ1n) is 17.2. The molecule has 2 atom stereocenters. The summed E-state index contributed by atoms with van der Waals surface area (Å²) >= 11 is 0. The molecule has 0 bridgehead atoms. The number of nitriles is 6. The van der Waals surface area contributed by atoms with E-state index in [0.717, 1.165) is 46.9 Å². The highest BCUT2D eigenvalue weighted by atomic mass is 16.5. The van der Waals surface area contributed by atoms with Crippen LogP contribution in [0.4, 0.5) is 0 Å². The molecule has 264 valence electrons. The van der Waals surface area contributed by atoms with E-state index in [2.05, 4.69) is 24.3 Å². The highest BCUT2D eigenvalue weighted by Crippen LogP contribution is 2.29. The Morgan fingerprint density at radius 2 is 1.00 bits per heavy atom. The molecule has 4 rings (SSSR count). The van der Waals surface area contributed by atoms with Crippen LogP contribution in [0.3, 0.4) is 0 Å². The van der Waals surface area contributed by atoms with Crippen LogP contribution >= 0.6 is 0 Å². The number of hydrogen-bond donors (Lipinski definition) is 0. The first-order chi connectivity index (χ1) is 25.4. The van der Waals surface area contributed by atoms with E-state index in [-0.39, 0.29) is 19.3 Å². The highest BCUT2D eigenvalue weighted by molar-refractivity contribution is 5.58. The van der Waals surface area contributed by atoms with Crippen molar-refractivity contribution < 1.29 is 9.47 Å². The molecule has 12 heteroatoms. The van der Waals surface area contributed by atoms with Gasteiger partial charge in [0, 0.05) is 29.7 Å². The van der Waals surface area contributed by atoms with Crippen LogP contribution in [0.5, 0.6) is 0 Å². The number of aryl methyl sites for hydroxylation is 1. The monoisotopic (exact) mass is 694 g/mol. The molecule has 0 aliphatic carbocycles. The Kier molecular flexibility index (Phi) is 17.3. The van der Waals surface area contributed by atoms with E-state index in [1.807, 2.05) is 88.9 Å². The van der Waals surface area contributed by atoms with E-state index in [0.29, 0.717) is 63.3 Å². The maximum absolute atomic E-state index is 9.50. The van der Waals surface area contributed by atoms with Gasteiger partial charge in [-0.2, -0.15) is 31.6 Å². The van der Waals surface area contributed by atoms with Crippen LogP contribution in [0.1, 0.15) is 87.2 Å². The largest absolute Gasteiger partial charge is 0.374 e. The second-order valence-corrected chi connectivity index (χ2v) is 11.7. The van der Waals surface area contributed by atoms with Gasteiger partial charge in [0.1, 0.15) is 23.7 Å². The van der Waals surface area contributed by atoms with Crippen molar-refractivity contribution in [2.45, 2.75) is 90.5 Å². The van der Waals surface area contributed by atoms with E-state index in [1.165, 1.54) is 0 Å². The molecule has 0 amide bonds. The minimum atomic E-state index is -0.449. The number of rotatable bonds is 18. The number of benzene rings is 2. The Balaban J connectivity index is 0.000000281. The van der Waals surface area contributed by atoms with Gasteiger partial charge in [0.05, 0.1) is 92.8 Å². The van der Waals surface area contributed by atoms with Crippen molar-refractivity contribution >= 4 is 0 Å². The fraction of sp³-hybridized carbons (Fsp3) is 0.400. The predicted octanol–water partition coefficient (Wildman–Crippen LogP) is 7.82. The van der Waals surface area contributed by atoms with Gasteiger partial charge in [0.2, 0.25) is 0 Å². The van der Waals surface area contributed by atoms with Crippen LogP contribution in [0.25, 0.3) is 22.8 Å². The average Bonchev–Trinajstić information content (AvgIpc) is 3.74. The zero-order chi connectivity index (χ0) is 37.6. The van der Waals surface area contributed by atoms with Crippen molar-refractivity contribution in [2.75, 3.05) is 13.2 Å². The summed E-state index contributed by atoms with van der Waals surface area (Å²) in [5, 5.41) is 53.9. The van der Waals surface area contributed by atoms with Gasteiger partial charge in [0.15, 0.2) is 0 Å². The lowest BCUT2D eigenvalue weighted by atomic mass is 10.1. The molecule has 2 unspecified atom stereocenters. The van der Waals surface area contributed by atoms with Crippen LogP contribution in [-0.4, -0.2) is 32.3 Å². The van der Waals surface area contributed by atoms with Gasteiger partial charge in [0.25, 0.3) is 0 Å². The molecular weight excluding hydrogens is 653 g/mol. The molecule has 2 aromatic carbocycles. The van der Waals surface area contributed by atoms with Crippen molar-refractivity contribution in [2.24, 2.45) is 0 Å². The summed E-state index contributed by atoms with van der Waals surface area (Å²) in [6.45, 7) is 4.73. The number of ether oxygens (including phenoxy) is 2. The SMILES string of the molecule is CC(C#N)n1c(-c2ccccc2)nc(CCCC#N)c1CCCC#N.CC(C#N)n1c(-c2ccccc2)nc(COCCC#N)c1COCCC#N. The lowest BCUT2D eigenvalue weighted by molar-refractivity contribution is 0.107. The van der Waals surface area contributed by atoms with E-state index in [9.17, 15) is 10.5 Å². The van der Waals surface area contributed by atoms with E-state index in [4.69, 9.17) is 40.5 Å². The minimum Gasteiger partial charge on any atom is -0.374 e. The van der Waals surface area contributed by atoms with Crippen molar-refractivity contribution in [1.82, 2.24) is 19.1 Å². The molecule has 0 saturated carbocycles. The molecule has 0 saturated heterocycles. The Morgan fingerprint density at radius 3 is 1.48 bits per heavy atom. The molecule has 0 aliphatic rings. The maximum Gasteiger partial charge on any atom is 0.141 e. The number of hydrogen-bond acceptors (Lipinski definition) is 10. The van der Waals surface area contributed by atoms with Gasteiger partial charge < -0.3 is 18.6 Å². The molecule has 0 spiro atoms. The molecule has 2 heterocycles. The van der Waals surface area contributed by atoms with Crippen molar-refractivity contribution in [3.05, 3.63) is 83.4 Å². The Hall–Kier alpha value is -6.28. The number of aromatic nitrogens is 4. The topological polar surface area (TPSA) is 197 Å². The summed E-state index contributed by atoms with van der Waals surface area (Å²) in [5.41, 5.74) is 5.23. The van der Waals surface area contributed by atoms with Crippen LogP contribution in [-0.2, 0) is 35.5 Å². The second kappa shape index (κ2) is 22.4. The lowest BCUT2D eigenvalue weighted by Crippen LogP contribution is -2.12. The Labute approximate surface area is 305 Å². The molecule has 2 aromatic heterocycles. The zero-order valence-corrected chi connectivity index (χ0v) is 29.7. The summed E-state index contributed by atoms with van der Waals surface area (Å²) in [4.78, 5) is 9.52. The maximum atomic E-state index is 9.50. The first kappa shape index (κ1) is 40.2.